The molecular formula is C107H95Cl4F4N11O20S4. The number of aromatic nitrogens is 2. The maximum atomic E-state index is 14.4. The zero-order chi connectivity index (χ0) is 109. The van der Waals surface area contributed by atoms with Gasteiger partial charge in [-0.05, 0) is 301 Å². The summed E-state index contributed by atoms with van der Waals surface area (Å²) in [7, 11) is 4.85. The molecule has 8 aromatic carbocycles. The van der Waals surface area contributed by atoms with Crippen molar-refractivity contribution in [2.75, 3.05) is 105 Å². The molecule has 0 bridgehead atoms. The van der Waals surface area contributed by atoms with Gasteiger partial charge in [0.1, 0.15) is 58.2 Å². The maximum Gasteiger partial charge on any atom is 0.348 e. The number of carboxylic acid groups (broad SMARTS) is 1. The van der Waals surface area contributed by atoms with Gasteiger partial charge in [-0.1, -0.05) is 34.8 Å². The number of nitrogens with one attached hydrogen (secondary N) is 2. The van der Waals surface area contributed by atoms with Gasteiger partial charge in [0.05, 0.1) is 64.5 Å². The third-order valence-electron chi connectivity index (χ3n) is 22.1. The molecule has 10 heterocycles. The Kier molecular flexibility index (Phi) is 41.3. The molecule has 0 fully saturated rings. The summed E-state index contributed by atoms with van der Waals surface area (Å²) in [6.45, 7) is 13.8. The van der Waals surface area contributed by atoms with Crippen molar-refractivity contribution in [3.63, 3.8) is 0 Å². The van der Waals surface area contributed by atoms with Gasteiger partial charge in [0.15, 0.2) is 0 Å². The molecule has 0 unspecified atom stereocenters. The zero-order valence-corrected chi connectivity index (χ0v) is 87.8. The number of esters is 4. The number of nitrogen functional groups attached to an aromatic ring is 1. The average Bonchev–Trinajstić information content (AvgIpc) is 1.62. The Hall–Kier alpha value is -15.5. The molecule has 31 nitrogen and oxygen atoms in total. The lowest BCUT2D eigenvalue weighted by molar-refractivity contribution is -0.385. The summed E-state index contributed by atoms with van der Waals surface area (Å²) in [4.78, 5) is 161. The molecule has 18 rings (SSSR count). The van der Waals surface area contributed by atoms with Gasteiger partial charge in [-0.3, -0.25) is 44.2 Å². The number of allylic oxidation sites excluding steroid dienone is 1. The zero-order valence-electron chi connectivity index (χ0n) is 81.5. The number of carboxylic acids is 1. The first-order valence-corrected chi connectivity index (χ1v) is 50.5. The smallest absolute Gasteiger partial charge is 0.348 e. The quantitative estimate of drug-likeness (QED) is 0.00613. The molecular weight excluding hydrogens is 2110 g/mol. The van der Waals surface area contributed by atoms with E-state index in [2.05, 4.69) is 20.6 Å². The van der Waals surface area contributed by atoms with Crippen molar-refractivity contribution in [3.05, 3.63) is 370 Å². The van der Waals surface area contributed by atoms with Crippen LogP contribution < -0.4 is 31.1 Å². The molecule has 0 aliphatic carbocycles. The molecule has 4 aliphatic heterocycles. The summed E-state index contributed by atoms with van der Waals surface area (Å²) in [5, 5.41) is 42.8. The third-order valence-corrected chi connectivity index (χ3v) is 28.4. The number of amides is 4. The first-order chi connectivity index (χ1) is 71.8. The summed E-state index contributed by atoms with van der Waals surface area (Å²) in [5.41, 5.74) is 18.2. The van der Waals surface area contributed by atoms with Crippen molar-refractivity contribution in [2.24, 2.45) is 0 Å². The number of aliphatic hydroxyl groups is 1. The molecule has 0 saturated carbocycles. The van der Waals surface area contributed by atoms with Gasteiger partial charge in [-0.15, -0.1) is 45.3 Å². The molecule has 43 heteroatoms. The largest absolute Gasteiger partial charge is 0.478 e. The normalized spacial score (nSPS) is 11.7. The lowest BCUT2D eigenvalue weighted by Crippen LogP contribution is -2.32. The lowest BCUT2D eigenvalue weighted by atomic mass is 10.1. The number of ether oxygens (including phenoxy) is 4. The summed E-state index contributed by atoms with van der Waals surface area (Å²) >= 11 is 27.5. The van der Waals surface area contributed by atoms with E-state index < -0.39 is 56.4 Å². The first-order valence-electron chi connectivity index (χ1n) is 45.7. The van der Waals surface area contributed by atoms with Gasteiger partial charge < -0.3 is 65.1 Å². The Balaban J connectivity index is 0.000000175. The van der Waals surface area contributed by atoms with E-state index in [1.807, 2.05) is 45.0 Å². The Morgan fingerprint density at radius 2 is 0.773 bits per heavy atom. The SMILES string of the molecule is CC(C)=C(Cl)N(C)C.CCOC(=O)c1cc2c(s1)-c1ccc(F)cc1N(C(=O)c1ccc(N)cc1)CC2.CCOC(=O)c1cc2c(s1)-c1ccc(F)cc1N(C(=O)c1ccc(NC(=O)c3cccnc3Cl)cc1)CC2.CCOC(=O)c1cc2c(s1)-c1ccc(F)cc1N(C(=O)c1ccc([N+](=O)[O-])cc1)CC2.CCOC(=O)c1cc2c(s1)-c1ccc(F)cc1NCC2.CO.O=C(Cl)c1ccc([N+](=O)[O-])cc1.O=C(O)c1cccnc1Cl. The fraction of sp³-hybridized carbons (Fsp3) is 0.196. The summed E-state index contributed by atoms with van der Waals surface area (Å²) in [6.07, 6.45) is 5.22. The van der Waals surface area contributed by atoms with Crippen LogP contribution in [0.15, 0.2) is 242 Å². The number of nitrogens with zero attached hydrogens (tertiary/aromatic N) is 8. The van der Waals surface area contributed by atoms with E-state index in [-0.39, 0.29) is 99.2 Å². The minimum absolute atomic E-state index is 0.0231. The summed E-state index contributed by atoms with van der Waals surface area (Å²) < 4.78 is 76.3. The van der Waals surface area contributed by atoms with Gasteiger partial charge in [-0.25, -0.2) is 51.5 Å². The minimum Gasteiger partial charge on any atom is -0.478 e. The highest BCUT2D eigenvalue weighted by Gasteiger charge is 2.34. The van der Waals surface area contributed by atoms with E-state index in [0.29, 0.717) is 116 Å². The Morgan fingerprint density at radius 3 is 1.09 bits per heavy atom. The Bertz CT molecular complexity index is 7360. The number of nitro benzene ring substituents is 2. The van der Waals surface area contributed by atoms with Crippen molar-refractivity contribution in [3.8, 4) is 41.8 Å². The van der Waals surface area contributed by atoms with E-state index in [4.69, 9.17) is 81.3 Å². The number of fused-ring (bicyclic) bond motifs is 12. The second-order valence-electron chi connectivity index (χ2n) is 32.4. The molecule has 0 saturated heterocycles. The van der Waals surface area contributed by atoms with Crippen LogP contribution in [-0.2, 0) is 44.6 Å². The van der Waals surface area contributed by atoms with E-state index in [0.717, 1.165) is 89.4 Å². The number of pyridine rings is 2. The Labute approximate surface area is 893 Å². The predicted octanol–water partition coefficient (Wildman–Crippen LogP) is 24.3. The Morgan fingerprint density at radius 1 is 0.453 bits per heavy atom. The highest BCUT2D eigenvalue weighted by atomic mass is 35.5. The van der Waals surface area contributed by atoms with Crippen molar-refractivity contribution >= 4 is 196 Å². The van der Waals surface area contributed by atoms with Crippen LogP contribution in [0.2, 0.25) is 10.3 Å². The first kappa shape index (κ1) is 115. The number of non-ortho nitro benzene ring substituents is 2. The fourth-order valence-corrected chi connectivity index (χ4v) is 20.3. The molecule has 4 aliphatic rings. The van der Waals surface area contributed by atoms with E-state index in [1.54, 1.807) is 130 Å². The van der Waals surface area contributed by atoms with Crippen molar-refractivity contribution in [1.29, 1.82) is 0 Å². The van der Waals surface area contributed by atoms with Crippen molar-refractivity contribution in [2.45, 2.75) is 67.2 Å². The number of anilines is 6. The van der Waals surface area contributed by atoms with Gasteiger partial charge >= 0.3 is 29.8 Å². The number of aliphatic hydroxyl groups excluding tert-OH is 1. The van der Waals surface area contributed by atoms with Crippen LogP contribution in [0.5, 0.6) is 0 Å². The van der Waals surface area contributed by atoms with Crippen LogP contribution in [0.25, 0.3) is 41.8 Å². The van der Waals surface area contributed by atoms with Crippen LogP contribution in [0.3, 0.4) is 0 Å². The van der Waals surface area contributed by atoms with Crippen LogP contribution in [-0.4, -0.2) is 167 Å². The number of hydrogen-bond acceptors (Lipinski definition) is 28. The van der Waals surface area contributed by atoms with Crippen molar-refractivity contribution < 1.29 is 105 Å². The molecule has 0 radical (unpaired) electrons. The topological polar surface area (TPSA) is 423 Å². The summed E-state index contributed by atoms with van der Waals surface area (Å²) in [6, 6.07) is 54.4. The number of halogens is 8. The number of nitro groups is 2. The fourth-order valence-electron chi connectivity index (χ4n) is 15.2. The van der Waals surface area contributed by atoms with Crippen LogP contribution in [0, 0.1) is 43.5 Å². The minimum atomic E-state index is -1.06. The van der Waals surface area contributed by atoms with Crippen molar-refractivity contribution in [1.82, 2.24) is 14.9 Å². The number of thiophene rings is 4. The number of hydrogen-bond donors (Lipinski definition) is 5. The van der Waals surface area contributed by atoms with E-state index in [9.17, 15) is 85.7 Å². The molecule has 4 amide bonds. The van der Waals surface area contributed by atoms with Gasteiger partial charge in [-0.2, -0.15) is 0 Å². The predicted molar refractivity (Wildman–Crippen MR) is 574 cm³/mol. The van der Waals surface area contributed by atoms with Gasteiger partial charge in [0.2, 0.25) is 0 Å². The standard InChI is InChI=1S/C28H21ClFN3O4S.C22H17FN2O5S.C22H19FN2O3S.C15H14FNO2S.C7H4ClNO3.C6H4ClNO2.C6H12ClN.CH4O/c1-2-37-28(36)23-14-17-11-13-33(22-15-18(30)7-10-20(22)24(17)38-23)27(35)16-5-8-19(9-6-16)32-26(34)21-4-3-12-31-25(21)29;1-2-30-22(27)19-11-14-9-10-24(18-12-15(23)5-8-17(18)20(14)31-19)21(26)13-3-6-16(7-4-13)25(28)29;1-2-28-22(27)19-11-14-9-10-25(21(26)13-3-6-16(24)7-4-13)18-12-15(23)5-8-17(18)20(14)29-19;1-2-19-15(18)13-7-9-5-6-17-12-8-10(16)3-4-11(12)14(9)20-13;8-7(10)5-1-3-6(4-2-5)9(11)12;7-5-4(6(9)10)2-1-3-8-5;1-5(2)6(7)8(3)4;1-2/h3-10,12,14-15H,2,11,13H2,1H3,(H,32,34);3-8,11-12H,2,9-10H2,1H3;3-8,11-12H,2,9-10,24H2,1H3;3-4,7-8,17H,2,5-6H2,1H3;1-4H;1-3H,(H,9,10);1-4H3;2H,1H3. The molecule has 778 valence electrons. The van der Waals surface area contributed by atoms with Crippen LogP contribution in [0.1, 0.15) is 165 Å². The van der Waals surface area contributed by atoms with Gasteiger partial charge in [0.25, 0.3) is 40.2 Å². The molecule has 6 aromatic heterocycles. The van der Waals surface area contributed by atoms with Crippen LogP contribution in [0.4, 0.5) is 63.1 Å². The number of benzene rings is 8. The van der Waals surface area contributed by atoms with Crippen LogP contribution >= 0.6 is 91.8 Å². The highest BCUT2D eigenvalue weighted by molar-refractivity contribution is 7.18. The lowest BCUT2D eigenvalue weighted by Gasteiger charge is -2.23. The molecule has 0 atom stereocenters. The number of aromatic carboxylic acids is 1. The third kappa shape index (κ3) is 29.3. The average molecular weight is 2200 g/mol. The second-order valence-corrected chi connectivity index (χ2v) is 38.0. The van der Waals surface area contributed by atoms with E-state index in [1.165, 1.54) is 177 Å². The number of rotatable bonds is 18. The maximum absolute atomic E-state index is 14.4. The highest BCUT2D eigenvalue weighted by Crippen LogP contribution is 2.48. The number of carbonyl (C=O) groups excluding carboxylic acids is 9. The monoisotopic (exact) mass is 2200 g/mol. The molecule has 150 heavy (non-hydrogen) atoms. The summed E-state index contributed by atoms with van der Waals surface area (Å²) in [5.74, 6) is -5.54. The second kappa shape index (κ2) is 53.9. The number of nitrogens with two attached hydrogens (primary N) is 1. The van der Waals surface area contributed by atoms with E-state index >= 15 is 0 Å². The molecule has 0 spiro atoms. The molecule has 14 aromatic rings. The number of carbonyl (C=O) groups is 10. The van der Waals surface area contributed by atoms with Gasteiger partial charge in [0, 0.05) is 165 Å². The molecule has 6 N–H and O–H groups in total.